The second-order valence-corrected chi connectivity index (χ2v) is 35.7. The molecule has 0 N–H and O–H groups in total. The Hall–Kier alpha value is -1.68. The lowest BCUT2D eigenvalue weighted by Gasteiger charge is -2.44. The van der Waals surface area contributed by atoms with Crippen LogP contribution >= 0.6 is 0 Å². The second kappa shape index (κ2) is 69.7. The number of hydrogen-bond donors (Lipinski definition) is 0. The Bertz CT molecular complexity index is 1930. The van der Waals surface area contributed by atoms with Crippen molar-refractivity contribution in [2.45, 2.75) is 515 Å². The summed E-state index contributed by atoms with van der Waals surface area (Å²) in [6.45, 7) is 67.2. The summed E-state index contributed by atoms with van der Waals surface area (Å²) in [7, 11) is 0. The molecule has 1 unspecified atom stereocenters. The van der Waals surface area contributed by atoms with E-state index in [9.17, 15) is 105 Å². The maximum absolute atomic E-state index is 14.4. The zero-order valence-corrected chi connectivity index (χ0v) is 80.4. The van der Waals surface area contributed by atoms with Crippen molar-refractivity contribution >= 4 is 0 Å². The first-order chi connectivity index (χ1) is 51.3. The third-order valence-corrected chi connectivity index (χ3v) is 20.6. The van der Waals surface area contributed by atoms with Crippen LogP contribution in [0.1, 0.15) is 449 Å². The third kappa shape index (κ3) is 85.7. The van der Waals surface area contributed by atoms with E-state index in [1.165, 1.54) is 67.7 Å². The summed E-state index contributed by atoms with van der Waals surface area (Å²) < 4.78 is 290. The number of rotatable bonds is 18. The topological polar surface area (TPSA) is 0 Å². The van der Waals surface area contributed by atoms with E-state index < -0.39 is 100 Å². The molecule has 24 heteroatoms. The SMILES string of the molecule is CC.CC(C)(C)C(F)(F)F.CC(C)(C)F.CC(C)C.CC(C)C(F)(F)F.CC1(C(F)(F)F)CCCCC1.CC1(F)CCCCC1.CC1CCC(F)(F)CC1.CCC.CCC(C)(F)CC.CCC(C)C.CCC(C)C(F)(F)F.CCC(CC)C(C)(C(CC)CC)C(F)(F)F.CCC(CC)C(C)(F)C(CC)CC.CC[C@H](C)CC(F)(F)F. The van der Waals surface area contributed by atoms with Gasteiger partial charge in [-0.1, -0.05) is 331 Å². The van der Waals surface area contributed by atoms with Gasteiger partial charge in [0.15, 0.2) is 0 Å². The van der Waals surface area contributed by atoms with E-state index in [-0.39, 0.29) is 48.9 Å². The van der Waals surface area contributed by atoms with E-state index in [2.05, 4.69) is 83.1 Å². The van der Waals surface area contributed by atoms with Crippen LogP contribution in [0.15, 0.2) is 0 Å². The van der Waals surface area contributed by atoms with Crippen molar-refractivity contribution in [1.29, 1.82) is 0 Å². The minimum atomic E-state index is -4.10. The molecule has 0 heterocycles. The van der Waals surface area contributed by atoms with Gasteiger partial charge in [-0.05, 0) is 147 Å². The van der Waals surface area contributed by atoms with Gasteiger partial charge in [0.25, 0.3) is 0 Å². The van der Waals surface area contributed by atoms with Crippen LogP contribution in [0, 0.1) is 75.4 Å². The molecule has 0 aliphatic heterocycles. The molecule has 0 amide bonds. The van der Waals surface area contributed by atoms with Crippen molar-refractivity contribution in [3.8, 4) is 0 Å². The minimum absolute atomic E-state index is 0.105. The summed E-state index contributed by atoms with van der Waals surface area (Å²) in [5.74, 6) is -2.75. The fourth-order valence-corrected chi connectivity index (χ4v) is 10.7. The molecule has 3 fully saturated rings. The van der Waals surface area contributed by atoms with Crippen molar-refractivity contribution < 1.29 is 105 Å². The van der Waals surface area contributed by atoms with Crippen molar-refractivity contribution in [2.75, 3.05) is 0 Å². The average Bonchev–Trinajstić information content (AvgIpc) is 0.772. The van der Waals surface area contributed by atoms with Gasteiger partial charge in [0, 0.05) is 25.2 Å². The van der Waals surface area contributed by atoms with E-state index >= 15 is 0 Å². The maximum atomic E-state index is 14.4. The molecule has 0 radical (unpaired) electrons. The first-order valence-corrected chi connectivity index (χ1v) is 43.8. The maximum Gasteiger partial charge on any atom is 0.394 e. The Morgan fingerprint density at radius 2 is 0.617 bits per heavy atom. The number of hydrogen-bond acceptors (Lipinski definition) is 0. The lowest BCUT2D eigenvalue weighted by molar-refractivity contribution is -0.258. The molecule has 0 saturated heterocycles. The molecule has 3 aliphatic rings. The quantitative estimate of drug-likeness (QED) is 0.120. The summed E-state index contributed by atoms with van der Waals surface area (Å²) in [6, 6.07) is 0. The highest BCUT2D eigenvalue weighted by molar-refractivity contribution is 4.93. The number of halogens is 24. The first kappa shape index (κ1) is 139. The van der Waals surface area contributed by atoms with Crippen LogP contribution in [-0.2, 0) is 0 Å². The normalized spacial score (nSPS) is 16.3. The van der Waals surface area contributed by atoms with Crippen molar-refractivity contribution in [1.82, 2.24) is 0 Å². The van der Waals surface area contributed by atoms with Crippen molar-refractivity contribution in [3.05, 3.63) is 0 Å². The molecule has 115 heavy (non-hydrogen) atoms. The van der Waals surface area contributed by atoms with Crippen LogP contribution in [0.25, 0.3) is 0 Å². The van der Waals surface area contributed by atoms with Gasteiger partial charge in [-0.2, -0.15) is 79.0 Å². The Labute approximate surface area is 693 Å². The monoisotopic (exact) mass is 1730 g/mol. The molecule has 0 aromatic heterocycles. The van der Waals surface area contributed by atoms with E-state index in [0.717, 1.165) is 117 Å². The molecule has 714 valence electrons. The van der Waals surface area contributed by atoms with Gasteiger partial charge in [0.1, 0.15) is 22.7 Å². The second-order valence-electron chi connectivity index (χ2n) is 35.7. The molecule has 2 atom stereocenters. The average molecular weight is 1730 g/mol. The first-order valence-electron chi connectivity index (χ1n) is 43.8. The minimum Gasteiger partial charge on any atom is -0.245 e. The van der Waals surface area contributed by atoms with E-state index in [4.69, 9.17) is 0 Å². The van der Waals surface area contributed by atoms with Gasteiger partial charge in [-0.15, -0.1) is 0 Å². The van der Waals surface area contributed by atoms with Gasteiger partial charge in [0.05, 0.1) is 22.2 Å². The summed E-state index contributed by atoms with van der Waals surface area (Å²) >= 11 is 0. The molecular formula is C91H182F24. The fraction of sp³-hybridized carbons (Fsp3) is 1.00. The molecule has 0 bridgehead atoms. The predicted octanol–water partition coefficient (Wildman–Crippen LogP) is 39.9. The summed E-state index contributed by atoms with van der Waals surface area (Å²) in [6.07, 6.45) is -4.30. The fourth-order valence-electron chi connectivity index (χ4n) is 10.7. The molecule has 3 aliphatic carbocycles. The molecule has 0 aromatic rings. The van der Waals surface area contributed by atoms with Gasteiger partial charge in [-0.25, -0.2) is 26.3 Å². The van der Waals surface area contributed by atoms with Crippen LogP contribution in [-0.4, -0.2) is 65.7 Å². The van der Waals surface area contributed by atoms with Crippen LogP contribution in [0.3, 0.4) is 0 Å². The standard InChI is InChI=1S/C13H25F3.C12H25F.C8H13F3.C7H12F2.C7H13F.C6H11F3.C6H13F.2C5H9F3.C5H12.C4H7F3.C4H9F.C4H10.C3H8.C2H6/c1-6-10(7-2)12(5,13(14,15)16)11(8-3)9-4;1-6-10(7-2)12(5,13)11(8-3)9-4;1-7(8(9,10)11)5-3-2-4-6-7;1-6-2-4-7(8,9)5-3-6;1-7(8)5-3-2-4-6-7;1-3-5(2)4-6(7,8)9;1-4-6(3,7)5-2;1-4(2,3)5(6,7)8;1-3-4(2)5(6,7)8;1-4-5(2)3;1-3(2)4(5,6)7;1-4(2,3)5;1-4(2)3;1-3-2;1-2/h10-11H,6-9H2,1-5H3;10-11H,6-9H2,1-5H3;2-6H2,1H3;6H,2-5H2,1H3;2-6H2,1H3;5H,3-4H2,1-2H3;4-5H2,1-3H3;1-3H3;4H,3H2,1-2H3;5H,4H2,1-3H3;3H,1-2H3;1-3H3;4H,1-3H3;3H2,1-2H3;1-2H3/t;;;;;5-;;;;;;;;;/m.....0........./s1. The van der Waals surface area contributed by atoms with Crippen LogP contribution in [0.5, 0.6) is 0 Å². The van der Waals surface area contributed by atoms with Crippen molar-refractivity contribution in [3.63, 3.8) is 0 Å². The smallest absolute Gasteiger partial charge is 0.245 e. The Morgan fingerprint density at radius 1 is 0.365 bits per heavy atom. The van der Waals surface area contributed by atoms with Gasteiger partial charge in [0.2, 0.25) is 5.92 Å². The Kier molecular flexibility index (Phi) is 84.4. The Morgan fingerprint density at radius 3 is 0.722 bits per heavy atom. The highest BCUT2D eigenvalue weighted by Gasteiger charge is 2.58. The van der Waals surface area contributed by atoms with Gasteiger partial charge >= 0.3 is 37.1 Å². The van der Waals surface area contributed by atoms with Crippen LogP contribution in [0.2, 0.25) is 0 Å². The van der Waals surface area contributed by atoms with E-state index in [0.29, 0.717) is 76.5 Å². The highest BCUT2D eigenvalue weighted by atomic mass is 19.4. The predicted molar refractivity (Wildman–Crippen MR) is 448 cm³/mol. The zero-order valence-electron chi connectivity index (χ0n) is 80.4. The van der Waals surface area contributed by atoms with E-state index in [1.54, 1.807) is 34.6 Å². The molecule has 0 spiro atoms. The van der Waals surface area contributed by atoms with Gasteiger partial charge in [-0.3, -0.25) is 0 Å². The number of alkyl halides is 24. The van der Waals surface area contributed by atoms with Gasteiger partial charge < -0.3 is 0 Å². The summed E-state index contributed by atoms with van der Waals surface area (Å²) in [5.41, 5.74) is -8.18. The Balaban J connectivity index is -0.000000101. The summed E-state index contributed by atoms with van der Waals surface area (Å²) in [4.78, 5) is 0. The largest absolute Gasteiger partial charge is 0.394 e. The summed E-state index contributed by atoms with van der Waals surface area (Å²) in [5, 5.41) is 0. The lowest BCUT2D eigenvalue weighted by Crippen LogP contribution is -2.47. The molecule has 3 saturated carbocycles. The highest BCUT2D eigenvalue weighted by Crippen LogP contribution is 2.54. The lowest BCUT2D eigenvalue weighted by atomic mass is 9.63. The van der Waals surface area contributed by atoms with E-state index in [1.807, 2.05) is 62.3 Å². The third-order valence-electron chi connectivity index (χ3n) is 20.6. The molecule has 0 aromatic carbocycles. The zero-order chi connectivity index (χ0) is 95.3. The molecule has 3 rings (SSSR count). The van der Waals surface area contributed by atoms with Crippen LogP contribution in [0.4, 0.5) is 105 Å². The van der Waals surface area contributed by atoms with Crippen molar-refractivity contribution in [2.24, 2.45) is 75.4 Å². The molecular weight excluding hydrogens is 1550 g/mol. The molecule has 0 nitrogen and oxygen atoms in total. The van der Waals surface area contributed by atoms with Crippen LogP contribution < -0.4 is 0 Å².